The molecule has 1 aliphatic heterocycles. The van der Waals surface area contributed by atoms with Crippen LogP contribution in [0.5, 0.6) is 0 Å². The van der Waals surface area contributed by atoms with Gasteiger partial charge >= 0.3 is 0 Å². The Kier molecular flexibility index (Phi) is 4.57. The first-order valence-corrected chi connectivity index (χ1v) is 8.68. The van der Waals surface area contributed by atoms with E-state index in [4.69, 9.17) is 11.6 Å². The summed E-state index contributed by atoms with van der Waals surface area (Å²) >= 11 is 9.12. The van der Waals surface area contributed by atoms with E-state index in [1.165, 1.54) is 12.1 Å². The molecule has 0 bridgehead atoms. The van der Waals surface area contributed by atoms with Gasteiger partial charge in [0.1, 0.15) is 0 Å². The third kappa shape index (κ3) is 3.70. The fourth-order valence-corrected chi connectivity index (χ4v) is 4.25. The molecule has 106 valence electrons. The smallest absolute Gasteiger partial charge is 0.241 e. The second-order valence-electron chi connectivity index (χ2n) is 4.99. The Balaban J connectivity index is 2.24. The quantitative estimate of drug-likeness (QED) is 0.863. The number of rotatable bonds is 3. The summed E-state index contributed by atoms with van der Waals surface area (Å²) in [6.45, 7) is 3.59. The van der Waals surface area contributed by atoms with Crippen LogP contribution in [-0.2, 0) is 10.0 Å². The number of nitrogens with one attached hydrogen (secondary N) is 2. The predicted octanol–water partition coefficient (Wildman–Crippen LogP) is 2.52. The van der Waals surface area contributed by atoms with Crippen molar-refractivity contribution in [2.45, 2.75) is 30.2 Å². The fourth-order valence-electron chi connectivity index (χ4n) is 2.11. The van der Waals surface area contributed by atoms with Gasteiger partial charge in [-0.2, -0.15) is 0 Å². The Morgan fingerprint density at radius 1 is 1.37 bits per heavy atom. The van der Waals surface area contributed by atoms with Crippen LogP contribution in [-0.4, -0.2) is 27.0 Å². The molecule has 0 amide bonds. The van der Waals surface area contributed by atoms with Crippen LogP contribution < -0.4 is 10.0 Å². The topological polar surface area (TPSA) is 58.2 Å². The number of hydrogen-bond donors (Lipinski definition) is 2. The zero-order valence-corrected chi connectivity index (χ0v) is 13.7. The molecular weight excluding hydrogens is 352 g/mol. The fraction of sp³-hybridized carbons (Fsp3) is 0.500. The van der Waals surface area contributed by atoms with Gasteiger partial charge in [0, 0.05) is 10.0 Å². The van der Waals surface area contributed by atoms with E-state index in [1.54, 1.807) is 6.07 Å². The molecule has 0 spiro atoms. The molecule has 1 aromatic carbocycles. The van der Waals surface area contributed by atoms with Crippen LogP contribution in [0, 0.1) is 0 Å². The average molecular weight is 368 g/mol. The standard InChI is InChI=1S/C12H16BrClN2O2S/c1-12(4-6-15-7-5-12)16-19(17,18)9-2-3-11(14)10(13)8-9/h2-3,8,15-16H,4-7H2,1H3. The molecule has 1 heterocycles. The molecule has 0 unspecified atom stereocenters. The minimum absolute atomic E-state index is 0.225. The number of hydrogen-bond acceptors (Lipinski definition) is 3. The SMILES string of the molecule is CC1(NS(=O)(=O)c2ccc(Cl)c(Br)c2)CCNCC1. The third-order valence-electron chi connectivity index (χ3n) is 3.29. The molecule has 1 aliphatic rings. The predicted molar refractivity (Wildman–Crippen MR) is 80.0 cm³/mol. The monoisotopic (exact) mass is 366 g/mol. The van der Waals surface area contributed by atoms with Crippen molar-refractivity contribution in [3.05, 3.63) is 27.7 Å². The lowest BCUT2D eigenvalue weighted by Crippen LogP contribution is -2.52. The minimum atomic E-state index is -3.52. The molecule has 1 aromatic rings. The highest BCUT2D eigenvalue weighted by Gasteiger charge is 2.32. The maximum atomic E-state index is 12.4. The lowest BCUT2D eigenvalue weighted by molar-refractivity contribution is 0.308. The molecule has 7 heteroatoms. The largest absolute Gasteiger partial charge is 0.317 e. The number of sulfonamides is 1. The van der Waals surface area contributed by atoms with Crippen molar-refractivity contribution in [3.63, 3.8) is 0 Å². The molecule has 4 nitrogen and oxygen atoms in total. The zero-order valence-electron chi connectivity index (χ0n) is 10.5. The molecule has 0 aliphatic carbocycles. The number of halogens is 2. The molecule has 2 rings (SSSR count). The Labute approximate surface area is 127 Å². The summed E-state index contributed by atoms with van der Waals surface area (Å²) in [4.78, 5) is 0.225. The van der Waals surface area contributed by atoms with Gasteiger partial charge in [-0.05, 0) is 67.0 Å². The van der Waals surface area contributed by atoms with Crippen molar-refractivity contribution in [2.24, 2.45) is 0 Å². The van der Waals surface area contributed by atoms with Crippen LogP contribution in [0.4, 0.5) is 0 Å². The van der Waals surface area contributed by atoms with Crippen LogP contribution in [0.25, 0.3) is 0 Å². The van der Waals surface area contributed by atoms with Crippen molar-refractivity contribution >= 4 is 37.6 Å². The van der Waals surface area contributed by atoms with E-state index < -0.39 is 15.6 Å². The van der Waals surface area contributed by atoms with E-state index in [0.717, 1.165) is 25.9 Å². The maximum absolute atomic E-state index is 12.4. The lowest BCUT2D eigenvalue weighted by Gasteiger charge is -2.34. The van der Waals surface area contributed by atoms with E-state index in [-0.39, 0.29) is 4.90 Å². The molecule has 0 atom stereocenters. The van der Waals surface area contributed by atoms with Crippen molar-refractivity contribution < 1.29 is 8.42 Å². The normalized spacial score (nSPS) is 19.3. The summed E-state index contributed by atoms with van der Waals surface area (Å²) in [6.07, 6.45) is 1.56. The summed E-state index contributed by atoms with van der Waals surface area (Å²) < 4.78 is 28.1. The summed E-state index contributed by atoms with van der Waals surface area (Å²) in [7, 11) is -3.52. The van der Waals surface area contributed by atoms with Gasteiger partial charge in [0.2, 0.25) is 10.0 Å². The number of piperidine rings is 1. The van der Waals surface area contributed by atoms with Crippen LogP contribution >= 0.6 is 27.5 Å². The molecule has 1 fully saturated rings. The molecule has 0 radical (unpaired) electrons. The summed E-state index contributed by atoms with van der Waals surface area (Å²) in [5.74, 6) is 0. The van der Waals surface area contributed by atoms with Gasteiger partial charge in [-0.3, -0.25) is 0 Å². The van der Waals surface area contributed by atoms with Gasteiger partial charge in [-0.25, -0.2) is 13.1 Å². The van der Waals surface area contributed by atoms with E-state index in [1.807, 2.05) is 6.92 Å². The van der Waals surface area contributed by atoms with Gasteiger partial charge < -0.3 is 5.32 Å². The maximum Gasteiger partial charge on any atom is 0.241 e. The van der Waals surface area contributed by atoms with E-state index in [9.17, 15) is 8.42 Å². The summed E-state index contributed by atoms with van der Waals surface area (Å²) in [6, 6.07) is 4.61. The highest BCUT2D eigenvalue weighted by Crippen LogP contribution is 2.27. The molecule has 19 heavy (non-hydrogen) atoms. The van der Waals surface area contributed by atoms with E-state index >= 15 is 0 Å². The Bertz CT molecular complexity index is 571. The van der Waals surface area contributed by atoms with Gasteiger partial charge in [0.15, 0.2) is 0 Å². The first-order valence-electron chi connectivity index (χ1n) is 6.02. The highest BCUT2D eigenvalue weighted by molar-refractivity contribution is 9.10. The Morgan fingerprint density at radius 3 is 2.58 bits per heavy atom. The first-order chi connectivity index (χ1) is 8.82. The molecule has 0 aromatic heterocycles. The third-order valence-corrected chi connectivity index (χ3v) is 6.14. The minimum Gasteiger partial charge on any atom is -0.317 e. The first kappa shape index (κ1) is 15.3. The van der Waals surface area contributed by atoms with E-state index in [0.29, 0.717) is 9.50 Å². The summed E-state index contributed by atoms with van der Waals surface area (Å²) in [5, 5.41) is 3.71. The van der Waals surface area contributed by atoms with Crippen molar-refractivity contribution in [2.75, 3.05) is 13.1 Å². The molecule has 2 N–H and O–H groups in total. The second-order valence-corrected chi connectivity index (χ2v) is 7.94. The number of benzene rings is 1. The lowest BCUT2D eigenvalue weighted by atomic mass is 9.92. The van der Waals surface area contributed by atoms with Gasteiger partial charge in [0.25, 0.3) is 0 Å². The van der Waals surface area contributed by atoms with E-state index in [2.05, 4.69) is 26.0 Å². The highest BCUT2D eigenvalue weighted by atomic mass is 79.9. The van der Waals surface area contributed by atoms with Crippen molar-refractivity contribution in [3.8, 4) is 0 Å². The zero-order chi connectivity index (χ0) is 14.1. The molecular formula is C12H16BrClN2O2S. The summed E-state index contributed by atoms with van der Waals surface area (Å²) in [5.41, 5.74) is -0.393. The van der Waals surface area contributed by atoms with Gasteiger partial charge in [0.05, 0.1) is 9.92 Å². The van der Waals surface area contributed by atoms with Crippen LogP contribution in [0.3, 0.4) is 0 Å². The molecule has 0 saturated carbocycles. The molecule has 1 saturated heterocycles. The second kappa shape index (κ2) is 5.69. The Morgan fingerprint density at radius 2 is 2.00 bits per heavy atom. The Hall–Kier alpha value is -0.140. The van der Waals surface area contributed by atoms with Crippen LogP contribution in [0.15, 0.2) is 27.6 Å². The van der Waals surface area contributed by atoms with Crippen LogP contribution in [0.2, 0.25) is 5.02 Å². The van der Waals surface area contributed by atoms with Gasteiger partial charge in [-0.1, -0.05) is 11.6 Å². The van der Waals surface area contributed by atoms with Crippen molar-refractivity contribution in [1.29, 1.82) is 0 Å². The average Bonchev–Trinajstić information content (AvgIpc) is 2.32. The van der Waals surface area contributed by atoms with Crippen LogP contribution in [0.1, 0.15) is 19.8 Å². The van der Waals surface area contributed by atoms with Crippen molar-refractivity contribution in [1.82, 2.24) is 10.0 Å². The van der Waals surface area contributed by atoms with Gasteiger partial charge in [-0.15, -0.1) is 0 Å².